The van der Waals surface area contributed by atoms with Crippen LogP contribution in [0.25, 0.3) is 33.0 Å². The number of rotatable bonds is 16. The predicted molar refractivity (Wildman–Crippen MR) is 205 cm³/mol. The average molecular weight is 726 g/mol. The quantitative estimate of drug-likeness (QED) is 0.0806. The van der Waals surface area contributed by atoms with Crippen molar-refractivity contribution in [3.05, 3.63) is 107 Å². The first-order chi connectivity index (χ1) is 25.7. The van der Waals surface area contributed by atoms with Crippen molar-refractivity contribution in [2.24, 2.45) is 5.73 Å². The van der Waals surface area contributed by atoms with Crippen LogP contribution >= 0.6 is 0 Å². The zero-order valence-corrected chi connectivity index (χ0v) is 30.6. The number of alkyl halides is 3. The Kier molecular flexibility index (Phi) is 13.0. The van der Waals surface area contributed by atoms with Crippen LogP contribution in [0.1, 0.15) is 91.4 Å². The van der Waals surface area contributed by atoms with Gasteiger partial charge in [0.05, 0.1) is 23.4 Å². The molecule has 0 unspecified atom stereocenters. The summed E-state index contributed by atoms with van der Waals surface area (Å²) in [6, 6.07) is 23.3. The molecule has 0 spiro atoms. The minimum absolute atomic E-state index is 0.256. The smallest absolute Gasteiger partial charge is 0.416 e. The third-order valence-electron chi connectivity index (χ3n) is 10.4. The number of esters is 1. The van der Waals surface area contributed by atoms with Crippen molar-refractivity contribution in [3.8, 4) is 22.3 Å². The summed E-state index contributed by atoms with van der Waals surface area (Å²) in [5.74, 6) is 0.0894. The number of carbonyl (C=O) groups is 1. The van der Waals surface area contributed by atoms with Crippen molar-refractivity contribution in [3.63, 3.8) is 0 Å². The van der Waals surface area contributed by atoms with Gasteiger partial charge in [-0.2, -0.15) is 13.2 Å². The normalized spacial score (nSPS) is 14.2. The largest absolute Gasteiger partial charge is 0.462 e. The molecule has 7 nitrogen and oxygen atoms in total. The van der Waals surface area contributed by atoms with Gasteiger partial charge in [-0.15, -0.1) is 5.10 Å². The monoisotopic (exact) mass is 725 g/mol. The predicted octanol–water partition coefficient (Wildman–Crippen LogP) is 9.68. The number of carbonyl (C=O) groups excluding carboxylic acids is 1. The van der Waals surface area contributed by atoms with Gasteiger partial charge in [-0.25, -0.2) is 4.79 Å². The van der Waals surface area contributed by atoms with E-state index in [-0.39, 0.29) is 6.61 Å². The van der Waals surface area contributed by atoms with E-state index in [9.17, 15) is 18.0 Å². The van der Waals surface area contributed by atoms with Gasteiger partial charge >= 0.3 is 12.1 Å². The Morgan fingerprint density at radius 2 is 1.53 bits per heavy atom. The van der Waals surface area contributed by atoms with E-state index in [1.54, 1.807) is 13.0 Å². The lowest BCUT2D eigenvalue weighted by molar-refractivity contribution is -0.137. The number of ether oxygens (including phenoxy) is 1. The van der Waals surface area contributed by atoms with Gasteiger partial charge in [0, 0.05) is 12.7 Å². The molecule has 0 aliphatic carbocycles. The second kappa shape index (κ2) is 18.0. The van der Waals surface area contributed by atoms with E-state index in [1.165, 1.54) is 30.5 Å². The van der Waals surface area contributed by atoms with Gasteiger partial charge in [-0.3, -0.25) is 4.68 Å². The lowest BCUT2D eigenvalue weighted by atomic mass is 9.87. The number of benzene rings is 4. The molecule has 1 saturated heterocycles. The van der Waals surface area contributed by atoms with Gasteiger partial charge in [0.15, 0.2) is 0 Å². The fraction of sp³-hybridized carbons (Fsp3) is 0.419. The molecular formula is C43H50F3N5O2. The fourth-order valence-electron chi connectivity index (χ4n) is 7.37. The number of fused-ring (bicyclic) bond motifs is 1. The lowest BCUT2D eigenvalue weighted by Crippen LogP contribution is -2.33. The number of nitrogens with two attached hydrogens (primary N) is 1. The van der Waals surface area contributed by atoms with Gasteiger partial charge in [0.1, 0.15) is 0 Å². The molecule has 280 valence electrons. The molecule has 0 amide bonds. The summed E-state index contributed by atoms with van der Waals surface area (Å²) in [6.45, 7) is 6.99. The van der Waals surface area contributed by atoms with Crippen LogP contribution in [-0.2, 0) is 23.9 Å². The van der Waals surface area contributed by atoms with E-state index in [1.807, 2.05) is 28.9 Å². The molecule has 1 aliphatic rings. The second-order valence-electron chi connectivity index (χ2n) is 14.1. The maximum Gasteiger partial charge on any atom is 0.416 e. The van der Waals surface area contributed by atoms with E-state index in [0.29, 0.717) is 17.0 Å². The first-order valence-corrected chi connectivity index (χ1v) is 19.1. The molecule has 10 heteroatoms. The summed E-state index contributed by atoms with van der Waals surface area (Å²) in [5, 5.41) is 10.4. The molecule has 1 aliphatic heterocycles. The Balaban J connectivity index is 1.05. The molecule has 0 saturated carbocycles. The first kappa shape index (κ1) is 38.2. The molecular weight excluding hydrogens is 676 g/mol. The van der Waals surface area contributed by atoms with Crippen LogP contribution in [0.3, 0.4) is 0 Å². The number of hydrogen-bond donors (Lipinski definition) is 1. The summed E-state index contributed by atoms with van der Waals surface area (Å²) in [4.78, 5) is 15.5. The summed E-state index contributed by atoms with van der Waals surface area (Å²) in [5.41, 5.74) is 11.1. The second-order valence-corrected chi connectivity index (χ2v) is 14.1. The van der Waals surface area contributed by atoms with Crippen LogP contribution in [0.15, 0.2) is 85.1 Å². The summed E-state index contributed by atoms with van der Waals surface area (Å²) in [7, 11) is 0. The highest BCUT2D eigenvalue weighted by atomic mass is 19.4. The third-order valence-corrected chi connectivity index (χ3v) is 10.4. The highest BCUT2D eigenvalue weighted by molar-refractivity contribution is 6.04. The van der Waals surface area contributed by atoms with Crippen molar-refractivity contribution in [2.75, 3.05) is 32.8 Å². The van der Waals surface area contributed by atoms with E-state index >= 15 is 0 Å². The standard InChI is InChI=1S/C43H50F3N5O2/c1-2-53-42(52)37-28-36-27-35(32-14-17-38(18-15-32)43(44,45)46)16-19-40(36)41(29-37)34-12-10-31(11-13-34)33-20-25-50(26-21-33)23-8-5-9-39-30-51(49-48-39)24-7-4-3-6-22-47/h10-19,27-30,33H,2-9,20-26,47H2,1H3. The Morgan fingerprint density at radius 3 is 2.25 bits per heavy atom. The Morgan fingerprint density at radius 1 is 0.830 bits per heavy atom. The lowest BCUT2D eigenvalue weighted by Gasteiger charge is -2.32. The van der Waals surface area contributed by atoms with Crippen molar-refractivity contribution in [2.45, 2.75) is 83.4 Å². The minimum atomic E-state index is -4.39. The number of halogens is 3. The summed E-state index contributed by atoms with van der Waals surface area (Å²) in [6.07, 6.45) is 7.73. The highest BCUT2D eigenvalue weighted by Gasteiger charge is 2.30. The molecule has 0 atom stereocenters. The van der Waals surface area contributed by atoms with Crippen molar-refractivity contribution < 1.29 is 22.7 Å². The van der Waals surface area contributed by atoms with Gasteiger partial charge in [-0.1, -0.05) is 66.6 Å². The molecule has 1 aromatic heterocycles. The van der Waals surface area contributed by atoms with Crippen LogP contribution < -0.4 is 5.73 Å². The Bertz CT molecular complexity index is 1930. The fourth-order valence-corrected chi connectivity index (χ4v) is 7.37. The van der Waals surface area contributed by atoms with Crippen molar-refractivity contribution in [1.29, 1.82) is 0 Å². The Labute approximate surface area is 310 Å². The van der Waals surface area contributed by atoms with Crippen molar-refractivity contribution in [1.82, 2.24) is 19.9 Å². The van der Waals surface area contributed by atoms with Crippen LogP contribution in [0, 0.1) is 0 Å². The molecule has 1 fully saturated rings. The molecule has 0 radical (unpaired) electrons. The molecule has 6 rings (SSSR count). The zero-order valence-electron chi connectivity index (χ0n) is 30.6. The molecule has 0 bridgehead atoms. The third kappa shape index (κ3) is 10.1. The zero-order chi connectivity index (χ0) is 37.2. The van der Waals surface area contributed by atoms with Crippen LogP contribution in [0.5, 0.6) is 0 Å². The van der Waals surface area contributed by atoms with Crippen molar-refractivity contribution >= 4 is 16.7 Å². The summed E-state index contributed by atoms with van der Waals surface area (Å²) < 4.78 is 46.8. The molecule has 2 N–H and O–H groups in total. The number of aromatic nitrogens is 3. The molecule has 4 aromatic carbocycles. The first-order valence-electron chi connectivity index (χ1n) is 19.1. The molecule has 53 heavy (non-hydrogen) atoms. The minimum Gasteiger partial charge on any atom is -0.462 e. The Hall–Kier alpha value is -4.54. The van der Waals surface area contributed by atoms with E-state index in [0.717, 1.165) is 123 Å². The summed E-state index contributed by atoms with van der Waals surface area (Å²) >= 11 is 0. The van der Waals surface area contributed by atoms with Gasteiger partial charge in [0.25, 0.3) is 0 Å². The van der Waals surface area contributed by atoms with E-state index in [4.69, 9.17) is 10.5 Å². The SMILES string of the molecule is CCOC(=O)c1cc(-c2ccc(C3CCN(CCCCc4cn(CCCCCCN)nn4)CC3)cc2)c2ccc(-c3ccc(C(F)(F)F)cc3)cc2c1. The molecule has 5 aromatic rings. The van der Waals surface area contributed by atoms with Crippen LogP contribution in [0.4, 0.5) is 13.2 Å². The van der Waals surface area contributed by atoms with Gasteiger partial charge < -0.3 is 15.4 Å². The number of nitrogens with zero attached hydrogens (tertiary/aromatic N) is 4. The highest BCUT2D eigenvalue weighted by Crippen LogP contribution is 2.36. The van der Waals surface area contributed by atoms with E-state index in [2.05, 4.69) is 45.7 Å². The maximum absolute atomic E-state index is 13.2. The van der Waals surface area contributed by atoms with E-state index < -0.39 is 17.7 Å². The average Bonchev–Trinajstić information content (AvgIpc) is 3.63. The molecule has 2 heterocycles. The number of aryl methyl sites for hydroxylation is 2. The maximum atomic E-state index is 13.2. The van der Waals surface area contributed by atoms with Gasteiger partial charge in [0.2, 0.25) is 0 Å². The number of piperidine rings is 1. The van der Waals surface area contributed by atoms with Gasteiger partial charge in [-0.05, 0) is 153 Å². The number of hydrogen-bond acceptors (Lipinski definition) is 6. The number of unbranched alkanes of at least 4 members (excludes halogenated alkanes) is 4. The van der Waals surface area contributed by atoms with Crippen LogP contribution in [0.2, 0.25) is 0 Å². The van der Waals surface area contributed by atoms with Crippen LogP contribution in [-0.4, -0.2) is 58.6 Å². The topological polar surface area (TPSA) is 86.3 Å². The number of likely N-dealkylation sites (tertiary alicyclic amines) is 1.